The molecule has 2 rings (SSSR count). The monoisotopic (exact) mass is 381 g/mol. The Morgan fingerprint density at radius 2 is 2.00 bits per heavy atom. The second-order valence-corrected chi connectivity index (χ2v) is 7.27. The van der Waals surface area contributed by atoms with Crippen LogP contribution in [0.5, 0.6) is 0 Å². The zero-order valence-electron chi connectivity index (χ0n) is 12.5. The highest BCUT2D eigenvalue weighted by Crippen LogP contribution is 2.29. The highest BCUT2D eigenvalue weighted by atomic mass is 79.9. The number of halogens is 1. The molecule has 0 spiro atoms. The number of carbonyl (C=O) groups is 1. The van der Waals surface area contributed by atoms with Crippen molar-refractivity contribution in [2.75, 3.05) is 0 Å². The third kappa shape index (κ3) is 4.93. The van der Waals surface area contributed by atoms with Crippen LogP contribution < -0.4 is 5.32 Å². The van der Waals surface area contributed by atoms with Gasteiger partial charge in [-0.15, -0.1) is 11.3 Å². The minimum absolute atomic E-state index is 0.460. The van der Waals surface area contributed by atoms with Gasteiger partial charge in [0.2, 0.25) is 0 Å². The molecule has 1 aromatic carbocycles. The van der Waals surface area contributed by atoms with E-state index in [4.69, 9.17) is 0 Å². The molecule has 2 N–H and O–H groups in total. The molecule has 0 aliphatic rings. The van der Waals surface area contributed by atoms with Crippen LogP contribution in [0.4, 0.5) is 0 Å². The van der Waals surface area contributed by atoms with Crippen molar-refractivity contribution in [3.8, 4) is 10.4 Å². The predicted molar refractivity (Wildman–Crippen MR) is 95.2 cm³/mol. The number of carboxylic acid groups (broad SMARTS) is 1. The molecule has 0 radical (unpaired) electrons. The number of hydrogen-bond donors (Lipinski definition) is 2. The number of benzene rings is 1. The zero-order chi connectivity index (χ0) is 15.9. The largest absolute Gasteiger partial charge is 0.480 e. The van der Waals surface area contributed by atoms with Gasteiger partial charge in [0, 0.05) is 20.8 Å². The SMILES string of the molecule is CCCC[C@H](NCc1ccc(-c2ccc(Br)cc2)s1)C(=O)O. The second-order valence-electron chi connectivity index (χ2n) is 5.19. The number of hydrogen-bond acceptors (Lipinski definition) is 3. The summed E-state index contributed by atoms with van der Waals surface area (Å²) >= 11 is 5.13. The van der Waals surface area contributed by atoms with E-state index in [0.717, 1.165) is 22.2 Å². The molecule has 1 aromatic heterocycles. The molecule has 118 valence electrons. The van der Waals surface area contributed by atoms with Crippen LogP contribution in [0.1, 0.15) is 31.1 Å². The molecule has 0 bridgehead atoms. The van der Waals surface area contributed by atoms with Gasteiger partial charge in [-0.1, -0.05) is 47.8 Å². The van der Waals surface area contributed by atoms with Gasteiger partial charge in [0.1, 0.15) is 6.04 Å². The van der Waals surface area contributed by atoms with Gasteiger partial charge in [0.15, 0.2) is 0 Å². The summed E-state index contributed by atoms with van der Waals surface area (Å²) in [5, 5.41) is 12.4. The minimum atomic E-state index is -0.766. The molecule has 1 atom stereocenters. The van der Waals surface area contributed by atoms with Crippen LogP contribution >= 0.6 is 27.3 Å². The summed E-state index contributed by atoms with van der Waals surface area (Å²) in [7, 11) is 0. The van der Waals surface area contributed by atoms with E-state index in [9.17, 15) is 9.90 Å². The van der Waals surface area contributed by atoms with Crippen LogP contribution in [0.25, 0.3) is 10.4 Å². The van der Waals surface area contributed by atoms with E-state index in [1.54, 1.807) is 11.3 Å². The maximum atomic E-state index is 11.2. The van der Waals surface area contributed by atoms with Crippen molar-refractivity contribution in [3.63, 3.8) is 0 Å². The van der Waals surface area contributed by atoms with E-state index < -0.39 is 12.0 Å². The maximum absolute atomic E-state index is 11.2. The number of rotatable bonds is 8. The molecule has 0 aliphatic heterocycles. The first-order chi connectivity index (χ1) is 10.6. The van der Waals surface area contributed by atoms with Crippen LogP contribution in [0.3, 0.4) is 0 Å². The molecule has 0 amide bonds. The molecular weight excluding hydrogens is 362 g/mol. The topological polar surface area (TPSA) is 49.3 Å². The molecular formula is C17H20BrNO2S. The van der Waals surface area contributed by atoms with Gasteiger partial charge < -0.3 is 5.11 Å². The lowest BCUT2D eigenvalue weighted by Gasteiger charge is -2.13. The molecule has 2 aromatic rings. The standard InChI is InChI=1S/C17H20BrNO2S/c1-2-3-4-15(17(20)21)19-11-14-9-10-16(22-14)12-5-7-13(18)8-6-12/h5-10,15,19H,2-4,11H2,1H3,(H,20,21)/t15-/m0/s1. The smallest absolute Gasteiger partial charge is 0.320 e. The van der Waals surface area contributed by atoms with Gasteiger partial charge in [-0.2, -0.15) is 0 Å². The summed E-state index contributed by atoms with van der Waals surface area (Å²) in [4.78, 5) is 13.6. The Morgan fingerprint density at radius 3 is 2.64 bits per heavy atom. The minimum Gasteiger partial charge on any atom is -0.480 e. The fraction of sp³-hybridized carbons (Fsp3) is 0.353. The first kappa shape index (κ1) is 17.2. The van der Waals surface area contributed by atoms with Gasteiger partial charge in [-0.25, -0.2) is 0 Å². The van der Waals surface area contributed by atoms with Crippen LogP contribution in [0.15, 0.2) is 40.9 Å². The molecule has 1 heterocycles. The van der Waals surface area contributed by atoms with Crippen LogP contribution in [-0.4, -0.2) is 17.1 Å². The summed E-state index contributed by atoms with van der Waals surface area (Å²) in [5.41, 5.74) is 1.18. The number of nitrogens with one attached hydrogen (secondary N) is 1. The van der Waals surface area contributed by atoms with Crippen molar-refractivity contribution in [1.29, 1.82) is 0 Å². The quantitative estimate of drug-likeness (QED) is 0.682. The van der Waals surface area contributed by atoms with Gasteiger partial charge in [0.05, 0.1) is 0 Å². The Kier molecular flexibility index (Phi) is 6.61. The Hall–Kier alpha value is -1.17. The van der Waals surface area contributed by atoms with Gasteiger partial charge in [0.25, 0.3) is 0 Å². The van der Waals surface area contributed by atoms with E-state index >= 15 is 0 Å². The average Bonchev–Trinajstić information content (AvgIpc) is 2.96. The highest BCUT2D eigenvalue weighted by molar-refractivity contribution is 9.10. The van der Waals surface area contributed by atoms with Crippen LogP contribution in [-0.2, 0) is 11.3 Å². The zero-order valence-corrected chi connectivity index (χ0v) is 14.9. The molecule has 0 unspecified atom stereocenters. The summed E-state index contributed by atoms with van der Waals surface area (Å²) in [6.07, 6.45) is 2.62. The number of carboxylic acids is 1. The lowest BCUT2D eigenvalue weighted by atomic mass is 10.1. The lowest BCUT2D eigenvalue weighted by molar-refractivity contribution is -0.139. The molecule has 0 aliphatic carbocycles. The van der Waals surface area contributed by atoms with E-state index in [2.05, 4.69) is 52.4 Å². The Balaban J connectivity index is 1.96. The van der Waals surface area contributed by atoms with Crippen LogP contribution in [0.2, 0.25) is 0 Å². The summed E-state index contributed by atoms with van der Waals surface area (Å²) < 4.78 is 1.06. The van der Waals surface area contributed by atoms with Gasteiger partial charge >= 0.3 is 5.97 Å². The summed E-state index contributed by atoms with van der Waals surface area (Å²) in [5.74, 6) is -0.766. The van der Waals surface area contributed by atoms with E-state index in [1.165, 1.54) is 10.4 Å². The molecule has 0 saturated heterocycles. The molecule has 3 nitrogen and oxygen atoms in total. The summed E-state index contributed by atoms with van der Waals surface area (Å²) in [6, 6.07) is 11.9. The molecule has 5 heteroatoms. The van der Waals surface area contributed by atoms with Crippen molar-refractivity contribution in [2.45, 2.75) is 38.8 Å². The van der Waals surface area contributed by atoms with E-state index in [-0.39, 0.29) is 0 Å². The van der Waals surface area contributed by atoms with Crippen molar-refractivity contribution < 1.29 is 9.90 Å². The highest BCUT2D eigenvalue weighted by Gasteiger charge is 2.16. The Bertz CT molecular complexity index is 609. The van der Waals surface area contributed by atoms with Crippen molar-refractivity contribution in [2.24, 2.45) is 0 Å². The maximum Gasteiger partial charge on any atom is 0.320 e. The Morgan fingerprint density at radius 1 is 1.27 bits per heavy atom. The van der Waals surface area contributed by atoms with Crippen molar-refractivity contribution >= 4 is 33.2 Å². The number of unbranched alkanes of at least 4 members (excludes halogenated alkanes) is 1. The van der Waals surface area contributed by atoms with E-state index in [1.807, 2.05) is 12.1 Å². The van der Waals surface area contributed by atoms with Crippen molar-refractivity contribution in [1.82, 2.24) is 5.32 Å². The fourth-order valence-electron chi connectivity index (χ4n) is 2.19. The van der Waals surface area contributed by atoms with Gasteiger partial charge in [-0.3, -0.25) is 10.1 Å². The van der Waals surface area contributed by atoms with Crippen LogP contribution in [0, 0.1) is 0 Å². The first-order valence-electron chi connectivity index (χ1n) is 7.41. The van der Waals surface area contributed by atoms with Gasteiger partial charge in [-0.05, 0) is 36.2 Å². The first-order valence-corrected chi connectivity index (χ1v) is 9.02. The van der Waals surface area contributed by atoms with E-state index in [0.29, 0.717) is 13.0 Å². The molecule has 22 heavy (non-hydrogen) atoms. The second kappa shape index (κ2) is 8.46. The Labute approximate surface area is 143 Å². The molecule has 0 fully saturated rings. The number of aliphatic carboxylic acids is 1. The summed E-state index contributed by atoms with van der Waals surface area (Å²) in [6.45, 7) is 2.67. The third-order valence-electron chi connectivity index (χ3n) is 3.46. The average molecular weight is 382 g/mol. The molecule has 0 saturated carbocycles. The lowest BCUT2D eigenvalue weighted by Crippen LogP contribution is -2.35. The third-order valence-corrected chi connectivity index (χ3v) is 5.12. The predicted octanol–water partition coefficient (Wildman–Crippen LogP) is 4.91. The van der Waals surface area contributed by atoms with Crippen molar-refractivity contribution in [3.05, 3.63) is 45.7 Å². The normalized spacial score (nSPS) is 12.3. The number of thiophene rings is 1. The fourth-order valence-corrected chi connectivity index (χ4v) is 3.42.